The van der Waals surface area contributed by atoms with Crippen LogP contribution in [0.1, 0.15) is 75.6 Å². The van der Waals surface area contributed by atoms with E-state index in [4.69, 9.17) is 21.9 Å². The molecule has 0 saturated heterocycles. The van der Waals surface area contributed by atoms with Crippen LogP contribution in [0, 0.1) is 26.7 Å². The van der Waals surface area contributed by atoms with Crippen LogP contribution in [0.15, 0.2) is 9.89 Å². The quantitative estimate of drug-likeness (QED) is 0.135. The first-order valence-corrected chi connectivity index (χ1v) is 14.2. The summed E-state index contributed by atoms with van der Waals surface area (Å²) in [4.78, 5) is 30.0. The molecule has 1 aliphatic rings. The summed E-state index contributed by atoms with van der Waals surface area (Å²) in [7, 11) is -4.15. The van der Waals surface area contributed by atoms with E-state index in [1.54, 1.807) is 13.8 Å². The fraction of sp³-hybridized carbons (Fsp3) is 0.654. The van der Waals surface area contributed by atoms with Crippen molar-refractivity contribution in [3.8, 4) is 5.75 Å². The highest BCUT2D eigenvalue weighted by Gasteiger charge is 2.37. The van der Waals surface area contributed by atoms with Crippen molar-refractivity contribution in [3.63, 3.8) is 0 Å². The van der Waals surface area contributed by atoms with Gasteiger partial charge in [0, 0.05) is 6.54 Å². The number of hydrogen-bond acceptors (Lipinski definition) is 7. The summed E-state index contributed by atoms with van der Waals surface area (Å²) in [5.41, 5.74) is 19.0. The Bertz CT molecular complexity index is 1170. The number of ether oxygens (including phenoxy) is 1. The molecule has 0 saturated carbocycles. The number of rotatable bonds is 12. The summed E-state index contributed by atoms with van der Waals surface area (Å²) in [6.07, 6.45) is 2.19. The summed E-state index contributed by atoms with van der Waals surface area (Å²) in [6.45, 7) is 13.3. The molecule has 1 aromatic carbocycles. The van der Waals surface area contributed by atoms with Crippen LogP contribution in [0.4, 0.5) is 0 Å². The van der Waals surface area contributed by atoms with Gasteiger partial charge >= 0.3 is 0 Å². The number of sulfonamides is 1. The summed E-state index contributed by atoms with van der Waals surface area (Å²) >= 11 is 0. The fourth-order valence-corrected chi connectivity index (χ4v) is 6.46. The lowest BCUT2D eigenvalue weighted by atomic mass is 9.88. The highest BCUT2D eigenvalue weighted by Crippen LogP contribution is 2.42. The van der Waals surface area contributed by atoms with Crippen LogP contribution in [0.3, 0.4) is 0 Å². The van der Waals surface area contributed by atoms with Gasteiger partial charge in [-0.3, -0.25) is 14.6 Å². The van der Waals surface area contributed by atoms with Crippen molar-refractivity contribution in [2.24, 2.45) is 28.1 Å². The highest BCUT2D eigenvalue weighted by molar-refractivity contribution is 7.89. The molecule has 7 N–H and O–H groups in total. The van der Waals surface area contributed by atoms with Gasteiger partial charge in [0.1, 0.15) is 11.4 Å². The zero-order chi connectivity index (χ0) is 28.3. The molecule has 10 nitrogen and oxygen atoms in total. The van der Waals surface area contributed by atoms with Gasteiger partial charge in [0.05, 0.1) is 17.0 Å². The molecule has 208 valence electrons. The number of nitrogens with one attached hydrogen (secondary N) is 1. The molecule has 11 heteroatoms. The SMILES string of the molecule is Cc1c(C)c(S(=O)(=O)N[C@@H](CC(C)C)C(=O)C(=O)[C@@H](N)CCCN=C(N)N)c(C)c2c1OC(C)(C)CC2. The van der Waals surface area contributed by atoms with E-state index in [-0.39, 0.29) is 41.8 Å². The predicted molar refractivity (Wildman–Crippen MR) is 145 cm³/mol. The molecule has 0 radical (unpaired) electrons. The number of Topliss-reactive ketones (excluding diaryl/α,β-unsaturated/α-hetero) is 2. The van der Waals surface area contributed by atoms with Crippen LogP contribution >= 0.6 is 0 Å². The van der Waals surface area contributed by atoms with Crippen molar-refractivity contribution in [2.45, 2.75) is 103 Å². The van der Waals surface area contributed by atoms with Gasteiger partial charge in [-0.15, -0.1) is 0 Å². The van der Waals surface area contributed by atoms with Crippen LogP contribution in [0.2, 0.25) is 0 Å². The van der Waals surface area contributed by atoms with Crippen molar-refractivity contribution in [3.05, 3.63) is 22.3 Å². The molecule has 0 aliphatic carbocycles. The smallest absolute Gasteiger partial charge is 0.241 e. The monoisotopic (exact) mass is 537 g/mol. The molecular formula is C26H43N5O5S. The van der Waals surface area contributed by atoms with E-state index in [9.17, 15) is 18.0 Å². The van der Waals surface area contributed by atoms with Crippen molar-refractivity contribution >= 4 is 27.5 Å². The van der Waals surface area contributed by atoms with Crippen LogP contribution in [-0.2, 0) is 26.0 Å². The number of ketones is 2. The standard InChI is InChI=1S/C26H43N5O5S/c1-14(2)13-20(22(33)21(32)19(27)9-8-12-30-25(28)29)31-37(34,35)24-16(4)15(3)23-18(17(24)5)10-11-26(6,7)36-23/h14,19-20,31H,8-13,27H2,1-7H3,(H4,28,29,30)/t19-,20-/m0/s1. The summed E-state index contributed by atoms with van der Waals surface area (Å²) in [6, 6.07) is -2.30. The second-order valence-corrected chi connectivity index (χ2v) is 12.6. The fourth-order valence-electron chi connectivity index (χ4n) is 4.68. The van der Waals surface area contributed by atoms with Crippen molar-refractivity contribution in [1.82, 2.24) is 4.72 Å². The van der Waals surface area contributed by atoms with Gasteiger partial charge < -0.3 is 21.9 Å². The molecular weight excluding hydrogens is 494 g/mol. The second kappa shape index (κ2) is 11.9. The molecule has 0 spiro atoms. The normalized spacial score (nSPS) is 16.5. The first kappa shape index (κ1) is 30.7. The Kier molecular flexibility index (Phi) is 9.89. The number of nitrogens with zero attached hydrogens (tertiary/aromatic N) is 1. The average Bonchev–Trinajstić information content (AvgIpc) is 2.77. The molecule has 1 heterocycles. The lowest BCUT2D eigenvalue weighted by Gasteiger charge is -2.35. The predicted octanol–water partition coefficient (Wildman–Crippen LogP) is 1.93. The number of benzene rings is 1. The Morgan fingerprint density at radius 1 is 1.08 bits per heavy atom. The molecule has 0 fully saturated rings. The average molecular weight is 538 g/mol. The van der Waals surface area contributed by atoms with Crippen LogP contribution in [0.5, 0.6) is 5.75 Å². The van der Waals surface area contributed by atoms with Gasteiger partial charge in [-0.1, -0.05) is 13.8 Å². The molecule has 2 atom stereocenters. The van der Waals surface area contributed by atoms with Gasteiger partial charge in [-0.2, -0.15) is 0 Å². The van der Waals surface area contributed by atoms with E-state index in [1.807, 2.05) is 34.6 Å². The molecule has 0 unspecified atom stereocenters. The van der Waals surface area contributed by atoms with Gasteiger partial charge in [-0.25, -0.2) is 13.1 Å². The first-order chi connectivity index (χ1) is 17.0. The van der Waals surface area contributed by atoms with Crippen molar-refractivity contribution in [1.29, 1.82) is 0 Å². The Morgan fingerprint density at radius 3 is 2.27 bits per heavy atom. The maximum absolute atomic E-state index is 13.7. The van der Waals surface area contributed by atoms with Crippen molar-refractivity contribution in [2.75, 3.05) is 6.54 Å². The zero-order valence-corrected chi connectivity index (χ0v) is 23.9. The van der Waals surface area contributed by atoms with Gasteiger partial charge in [0.25, 0.3) is 0 Å². The third-order valence-electron chi connectivity index (χ3n) is 6.80. The maximum atomic E-state index is 13.7. The minimum atomic E-state index is -4.15. The van der Waals surface area contributed by atoms with Gasteiger partial charge in [-0.05, 0) is 94.9 Å². The molecule has 2 rings (SSSR count). The van der Waals surface area contributed by atoms with Crippen molar-refractivity contribution < 1.29 is 22.7 Å². The molecule has 1 aliphatic heterocycles. The molecule has 0 aromatic heterocycles. The molecule has 0 bridgehead atoms. The zero-order valence-electron chi connectivity index (χ0n) is 23.1. The highest BCUT2D eigenvalue weighted by atomic mass is 32.2. The number of carbonyl (C=O) groups excluding carboxylic acids is 2. The van der Waals surface area contributed by atoms with E-state index in [1.165, 1.54) is 0 Å². The van der Waals surface area contributed by atoms with E-state index in [0.717, 1.165) is 23.3 Å². The lowest BCUT2D eigenvalue weighted by molar-refractivity contribution is -0.138. The molecule has 0 amide bonds. The topological polar surface area (TPSA) is 180 Å². The van der Waals surface area contributed by atoms with E-state index in [0.29, 0.717) is 24.0 Å². The number of aliphatic imine (C=N–C) groups is 1. The Labute approximate surface area is 220 Å². The summed E-state index contributed by atoms with van der Waals surface area (Å²) in [5.74, 6) is -1.06. The van der Waals surface area contributed by atoms with Crippen LogP contribution < -0.4 is 26.7 Å². The van der Waals surface area contributed by atoms with Crippen LogP contribution in [0.25, 0.3) is 0 Å². The Morgan fingerprint density at radius 2 is 1.70 bits per heavy atom. The van der Waals surface area contributed by atoms with Gasteiger partial charge in [0.2, 0.25) is 21.6 Å². The van der Waals surface area contributed by atoms with E-state index >= 15 is 0 Å². The van der Waals surface area contributed by atoms with E-state index in [2.05, 4.69) is 9.71 Å². The summed E-state index contributed by atoms with van der Waals surface area (Å²) in [5, 5.41) is 0. The number of hydrogen-bond donors (Lipinski definition) is 4. The van der Waals surface area contributed by atoms with Gasteiger partial charge in [0.15, 0.2) is 5.96 Å². The third-order valence-corrected chi connectivity index (χ3v) is 8.55. The maximum Gasteiger partial charge on any atom is 0.241 e. The minimum absolute atomic E-state index is 0.0503. The number of carbonyl (C=O) groups is 2. The number of guanidine groups is 1. The second-order valence-electron chi connectivity index (χ2n) is 11.0. The molecule has 37 heavy (non-hydrogen) atoms. The first-order valence-electron chi connectivity index (χ1n) is 12.7. The Balaban J connectivity index is 2.36. The Hall–Kier alpha value is -2.50. The minimum Gasteiger partial charge on any atom is -0.487 e. The third kappa shape index (κ3) is 7.52. The largest absolute Gasteiger partial charge is 0.487 e. The van der Waals surface area contributed by atoms with E-state index < -0.39 is 33.7 Å². The lowest BCUT2D eigenvalue weighted by Crippen LogP contribution is -2.49. The number of nitrogens with two attached hydrogens (primary N) is 3. The molecule has 1 aromatic rings. The van der Waals surface area contributed by atoms with Crippen LogP contribution in [-0.4, -0.2) is 50.2 Å². The summed E-state index contributed by atoms with van der Waals surface area (Å²) < 4.78 is 36.2. The number of fused-ring (bicyclic) bond motifs is 1.